The van der Waals surface area contributed by atoms with E-state index in [-0.39, 0.29) is 6.54 Å². The molecule has 10 atom stereocenters. The molecule has 8 rings (SSSR count). The molecule has 10 heteroatoms. The normalized spacial score (nSPS) is 26.2. The zero-order chi connectivity index (χ0) is 44.3. The van der Waals surface area contributed by atoms with Crippen molar-refractivity contribution < 1.29 is 28.8 Å². The Balaban J connectivity index is 0.868. The van der Waals surface area contributed by atoms with Crippen molar-refractivity contribution in [3.05, 3.63) is 144 Å². The zero-order valence-electron chi connectivity index (χ0n) is 37.1. The van der Waals surface area contributed by atoms with Crippen molar-refractivity contribution in [3.8, 4) is 0 Å². The van der Waals surface area contributed by atoms with Gasteiger partial charge in [0, 0.05) is 38.4 Å². The van der Waals surface area contributed by atoms with Crippen molar-refractivity contribution in [1.29, 1.82) is 0 Å². The largest absolute Gasteiger partial charge is 0.388 e. The van der Waals surface area contributed by atoms with Gasteiger partial charge in [-0.3, -0.25) is 0 Å². The fourth-order valence-corrected chi connectivity index (χ4v) is 9.62. The van der Waals surface area contributed by atoms with Crippen molar-refractivity contribution in [2.45, 2.75) is 125 Å². The lowest BCUT2D eigenvalue weighted by Crippen LogP contribution is -2.68. The lowest BCUT2D eigenvalue weighted by Gasteiger charge is -2.48. The van der Waals surface area contributed by atoms with Crippen LogP contribution in [0.15, 0.2) is 127 Å². The molecule has 1 aliphatic carbocycles. The molecular weight excluding hydrogens is 801 g/mol. The number of hydrogen-bond donors (Lipinski definition) is 5. The molecular formula is C54H68N4O6. The number of aliphatic hydroxyl groups is 1. The van der Waals surface area contributed by atoms with Crippen LogP contribution in [0.5, 0.6) is 0 Å². The first kappa shape index (κ1) is 46.2. The van der Waals surface area contributed by atoms with Crippen LogP contribution in [-0.4, -0.2) is 92.5 Å². The summed E-state index contributed by atoms with van der Waals surface area (Å²) < 4.78 is 32.6. The van der Waals surface area contributed by atoms with Gasteiger partial charge in [-0.15, -0.1) is 0 Å². The lowest BCUT2D eigenvalue weighted by atomic mass is 9.84. The Labute approximate surface area is 378 Å². The Hall–Kier alpha value is -4.30. The van der Waals surface area contributed by atoms with Gasteiger partial charge in [0.15, 0.2) is 6.29 Å². The number of aliphatic hydroxyl groups excluding tert-OH is 1. The van der Waals surface area contributed by atoms with Gasteiger partial charge in [0.05, 0.1) is 6.04 Å². The molecule has 6 aromatic rings. The molecule has 0 radical (unpaired) electrons. The van der Waals surface area contributed by atoms with Crippen molar-refractivity contribution in [2.24, 2.45) is 22.9 Å². The lowest BCUT2D eigenvalue weighted by molar-refractivity contribution is -0.299. The van der Waals surface area contributed by atoms with Gasteiger partial charge in [-0.25, -0.2) is 0 Å². The second kappa shape index (κ2) is 22.7. The molecule has 0 spiro atoms. The first-order valence-corrected chi connectivity index (χ1v) is 23.6. The summed E-state index contributed by atoms with van der Waals surface area (Å²) in [5, 5.41) is 19.2. The predicted octanol–water partition coefficient (Wildman–Crippen LogP) is 7.49. The molecule has 0 aromatic heterocycles. The Morgan fingerprint density at radius 1 is 0.484 bits per heavy atom. The number of benzene rings is 6. The van der Waals surface area contributed by atoms with Crippen molar-refractivity contribution in [3.63, 3.8) is 0 Å². The van der Waals surface area contributed by atoms with Gasteiger partial charge in [-0.2, -0.15) is 0 Å². The molecule has 1 aliphatic heterocycles. The van der Waals surface area contributed by atoms with E-state index >= 15 is 0 Å². The quantitative estimate of drug-likeness (QED) is 0.0457. The van der Waals surface area contributed by atoms with E-state index in [9.17, 15) is 5.11 Å². The van der Waals surface area contributed by atoms with E-state index in [4.69, 9.17) is 46.6 Å². The van der Waals surface area contributed by atoms with Gasteiger partial charge < -0.3 is 51.7 Å². The number of rotatable bonds is 21. The third-order valence-electron chi connectivity index (χ3n) is 13.2. The summed E-state index contributed by atoms with van der Waals surface area (Å²) in [5.74, 6) is 0. The Morgan fingerprint density at radius 2 is 0.891 bits per heavy atom. The van der Waals surface area contributed by atoms with Crippen LogP contribution in [0.25, 0.3) is 32.3 Å². The average molecular weight is 869 g/mol. The molecule has 2 fully saturated rings. The summed E-state index contributed by atoms with van der Waals surface area (Å²) >= 11 is 0. The minimum absolute atomic E-state index is 0.172. The monoisotopic (exact) mass is 869 g/mol. The van der Waals surface area contributed by atoms with Crippen LogP contribution in [0.4, 0.5) is 0 Å². The van der Waals surface area contributed by atoms with Crippen LogP contribution in [0.2, 0.25) is 0 Å². The van der Waals surface area contributed by atoms with Gasteiger partial charge in [0.25, 0.3) is 0 Å². The van der Waals surface area contributed by atoms with Crippen LogP contribution >= 0.6 is 0 Å². The highest BCUT2D eigenvalue weighted by atomic mass is 16.7. The van der Waals surface area contributed by atoms with Crippen LogP contribution in [-0.2, 0) is 42.9 Å². The van der Waals surface area contributed by atoms with Crippen LogP contribution in [0.3, 0.4) is 0 Å². The number of hydrogen-bond acceptors (Lipinski definition) is 10. The molecule has 10 nitrogen and oxygen atoms in total. The second-order valence-electron chi connectivity index (χ2n) is 17.9. The second-order valence-corrected chi connectivity index (χ2v) is 17.9. The first-order valence-electron chi connectivity index (χ1n) is 23.6. The van der Waals surface area contributed by atoms with Crippen LogP contribution in [0, 0.1) is 0 Å². The molecule has 0 bridgehead atoms. The van der Waals surface area contributed by atoms with E-state index in [1.54, 1.807) is 0 Å². The Bertz CT molecular complexity index is 2380. The third kappa shape index (κ3) is 11.7. The van der Waals surface area contributed by atoms with E-state index < -0.39 is 61.0 Å². The zero-order valence-corrected chi connectivity index (χ0v) is 37.1. The topological polar surface area (TPSA) is 170 Å². The Morgan fingerprint density at radius 3 is 1.34 bits per heavy atom. The van der Waals surface area contributed by atoms with Crippen molar-refractivity contribution in [2.75, 3.05) is 26.4 Å². The molecule has 6 aromatic carbocycles. The summed E-state index contributed by atoms with van der Waals surface area (Å²) in [6.45, 7) is 1.61. The SMILES string of the molecule is NC[C@H]1O[C@H](O[C@H]2[C@H](O)[C@@H](OCCCCc3ccc4ccccc4c3)[C@H](N)C[C@@H]2N)[C@H](N)[C@@H](OCCCCc2ccc3ccccc3c2)[C@@H]1OCCCCc1ccc2ccccc2c1. The highest BCUT2D eigenvalue weighted by Crippen LogP contribution is 2.31. The maximum absolute atomic E-state index is 11.7. The standard InChI is InChI=1S/C54H68N4O6/c55-35-47-52(61-29-11-8-14-37-23-26-40-17-2-5-20-43(40)32-37)53(62-30-12-9-15-38-24-27-41-18-3-6-21-44(41)33-38)48(58)54(63-47)64-51-46(57)34-45(56)50(49(51)59)60-28-10-7-13-36-22-25-39-16-1-4-19-42(39)31-36/h1-6,16-27,31-33,45-54,59H,7-15,28-30,34-35,55-58H2/t45-,46+,47-,48-,49-,50+,51-,52-,53-,54-/m1/s1. The van der Waals surface area contributed by atoms with E-state index in [0.717, 1.165) is 57.8 Å². The van der Waals surface area contributed by atoms with Crippen LogP contribution < -0.4 is 22.9 Å². The summed E-state index contributed by atoms with van der Waals surface area (Å²) in [6, 6.07) is 43.4. The summed E-state index contributed by atoms with van der Waals surface area (Å²) in [7, 11) is 0. The molecule has 64 heavy (non-hydrogen) atoms. The van der Waals surface area contributed by atoms with Crippen molar-refractivity contribution >= 4 is 32.3 Å². The number of ether oxygens (including phenoxy) is 5. The van der Waals surface area contributed by atoms with Gasteiger partial charge in [0.2, 0.25) is 0 Å². The Kier molecular flexibility index (Phi) is 16.4. The molecule has 0 unspecified atom stereocenters. The van der Waals surface area contributed by atoms with Gasteiger partial charge in [-0.1, -0.05) is 127 Å². The first-order chi connectivity index (χ1) is 31.3. The molecule has 1 saturated heterocycles. The molecule has 340 valence electrons. The molecule has 1 saturated carbocycles. The summed E-state index contributed by atoms with van der Waals surface area (Å²) in [5.41, 5.74) is 30.5. The number of fused-ring (bicyclic) bond motifs is 3. The molecule has 2 aliphatic rings. The van der Waals surface area contributed by atoms with E-state index in [2.05, 4.69) is 127 Å². The van der Waals surface area contributed by atoms with Crippen LogP contribution in [0.1, 0.15) is 61.6 Å². The van der Waals surface area contributed by atoms with E-state index in [1.165, 1.54) is 49.0 Å². The average Bonchev–Trinajstić information content (AvgIpc) is 3.31. The minimum Gasteiger partial charge on any atom is -0.388 e. The fourth-order valence-electron chi connectivity index (χ4n) is 9.62. The highest BCUT2D eigenvalue weighted by molar-refractivity contribution is 5.84. The molecule has 0 amide bonds. The number of nitrogens with two attached hydrogens (primary N) is 4. The highest BCUT2D eigenvalue weighted by Gasteiger charge is 2.50. The predicted molar refractivity (Wildman–Crippen MR) is 257 cm³/mol. The maximum atomic E-state index is 11.7. The summed E-state index contributed by atoms with van der Waals surface area (Å²) in [6.07, 6.45) is 3.45. The van der Waals surface area contributed by atoms with Crippen molar-refractivity contribution in [1.82, 2.24) is 0 Å². The smallest absolute Gasteiger partial charge is 0.176 e. The molecule has 9 N–H and O–H groups in total. The van der Waals surface area contributed by atoms with Gasteiger partial charge in [0.1, 0.15) is 36.6 Å². The number of unbranched alkanes of at least 4 members (excludes halogenated alkanes) is 3. The van der Waals surface area contributed by atoms with E-state index in [0.29, 0.717) is 26.2 Å². The minimum atomic E-state index is -1.09. The maximum Gasteiger partial charge on any atom is 0.176 e. The third-order valence-corrected chi connectivity index (χ3v) is 13.2. The number of aryl methyl sites for hydroxylation is 3. The fraction of sp³-hybridized carbons (Fsp3) is 0.444. The molecule has 1 heterocycles. The van der Waals surface area contributed by atoms with E-state index in [1.807, 2.05) is 0 Å². The van der Waals surface area contributed by atoms with Gasteiger partial charge >= 0.3 is 0 Å². The van der Waals surface area contributed by atoms with Gasteiger partial charge in [-0.05, 0) is 113 Å². The summed E-state index contributed by atoms with van der Waals surface area (Å²) in [4.78, 5) is 0.